The number of imidazole rings is 1. The van der Waals surface area contributed by atoms with Crippen molar-refractivity contribution >= 4 is 11.5 Å². The Morgan fingerprint density at radius 1 is 1.21 bits per heavy atom. The topological polar surface area (TPSA) is 73.6 Å². The molecule has 1 aliphatic heterocycles. The first-order valence-electron chi connectivity index (χ1n) is 8.02. The van der Waals surface area contributed by atoms with Crippen molar-refractivity contribution in [3.8, 4) is 17.0 Å². The number of nitrogens with zero attached hydrogens (tertiary/aromatic N) is 4. The van der Waals surface area contributed by atoms with E-state index in [1.54, 1.807) is 25.7 Å². The maximum Gasteiger partial charge on any atom is 0.154 e. The Labute approximate surface area is 139 Å². The molecule has 0 spiro atoms. The zero-order chi connectivity index (χ0) is 16.4. The Morgan fingerprint density at radius 2 is 2.08 bits per heavy atom. The molecule has 124 valence electrons. The number of rotatable bonds is 4. The second-order valence-electron chi connectivity index (χ2n) is 5.74. The predicted molar refractivity (Wildman–Crippen MR) is 90.2 cm³/mol. The van der Waals surface area contributed by atoms with Gasteiger partial charge in [0.1, 0.15) is 11.6 Å². The molecule has 0 aromatic carbocycles. The van der Waals surface area contributed by atoms with Crippen LogP contribution in [0.5, 0.6) is 5.75 Å². The Balaban J connectivity index is 1.70. The summed E-state index contributed by atoms with van der Waals surface area (Å²) in [6, 6.07) is 6.14. The number of nitrogens with one attached hydrogen (secondary N) is 1. The highest BCUT2D eigenvalue weighted by Crippen LogP contribution is 2.29. The molecule has 0 atom stereocenters. The number of pyridine rings is 1. The number of aromatic nitrogens is 4. The molecule has 4 heterocycles. The van der Waals surface area contributed by atoms with Crippen LogP contribution in [0.4, 0.5) is 5.82 Å². The number of methoxy groups -OCH3 is 1. The minimum atomic E-state index is 0.392. The van der Waals surface area contributed by atoms with Gasteiger partial charge in [-0.25, -0.2) is 9.50 Å². The molecule has 0 saturated carbocycles. The fourth-order valence-corrected chi connectivity index (χ4v) is 2.94. The zero-order valence-electron chi connectivity index (χ0n) is 13.5. The molecule has 24 heavy (non-hydrogen) atoms. The number of hydrogen-bond acceptors (Lipinski definition) is 6. The first-order chi connectivity index (χ1) is 11.8. The van der Waals surface area contributed by atoms with Crippen LogP contribution in [-0.2, 0) is 4.74 Å². The summed E-state index contributed by atoms with van der Waals surface area (Å²) in [7, 11) is 1.65. The van der Waals surface area contributed by atoms with Crippen molar-refractivity contribution < 1.29 is 9.47 Å². The summed E-state index contributed by atoms with van der Waals surface area (Å²) in [5, 5.41) is 8.18. The van der Waals surface area contributed by atoms with Crippen LogP contribution in [0, 0.1) is 0 Å². The van der Waals surface area contributed by atoms with E-state index in [4.69, 9.17) is 14.6 Å². The molecule has 7 heteroatoms. The second-order valence-corrected chi connectivity index (χ2v) is 5.74. The number of anilines is 1. The number of ether oxygens (including phenoxy) is 2. The normalized spacial score (nSPS) is 15.5. The molecule has 1 aliphatic rings. The third-order valence-corrected chi connectivity index (χ3v) is 4.21. The van der Waals surface area contributed by atoms with Crippen LogP contribution in [0.15, 0.2) is 36.8 Å². The highest BCUT2D eigenvalue weighted by atomic mass is 16.5. The van der Waals surface area contributed by atoms with Crippen molar-refractivity contribution in [2.24, 2.45) is 0 Å². The van der Waals surface area contributed by atoms with E-state index in [-0.39, 0.29) is 0 Å². The van der Waals surface area contributed by atoms with E-state index in [2.05, 4.69) is 15.3 Å². The van der Waals surface area contributed by atoms with Gasteiger partial charge in [0.25, 0.3) is 0 Å². The summed E-state index contributed by atoms with van der Waals surface area (Å²) >= 11 is 0. The molecule has 4 rings (SSSR count). The summed E-state index contributed by atoms with van der Waals surface area (Å²) in [6.07, 6.45) is 7.25. The molecule has 3 aromatic rings. The van der Waals surface area contributed by atoms with Gasteiger partial charge in [-0.3, -0.25) is 4.98 Å². The quantitative estimate of drug-likeness (QED) is 0.794. The zero-order valence-corrected chi connectivity index (χ0v) is 13.5. The average Bonchev–Trinajstić information content (AvgIpc) is 3.05. The maximum atomic E-state index is 5.43. The average molecular weight is 325 g/mol. The summed E-state index contributed by atoms with van der Waals surface area (Å²) in [6.45, 7) is 1.59. The highest BCUT2D eigenvalue weighted by molar-refractivity contribution is 5.68. The fourth-order valence-electron chi connectivity index (χ4n) is 2.94. The monoisotopic (exact) mass is 325 g/mol. The highest BCUT2D eigenvalue weighted by Gasteiger charge is 2.16. The van der Waals surface area contributed by atoms with Gasteiger partial charge >= 0.3 is 0 Å². The molecule has 0 radical (unpaired) electrons. The standard InChI is InChI=1S/C17H19N5O2/c1-23-15-4-7-18-10-13(15)14-11-19-17-3-2-16(21-22(14)17)20-12-5-8-24-9-6-12/h2-4,7,10-12H,5-6,8-9H2,1H3,(H,20,21). The smallest absolute Gasteiger partial charge is 0.154 e. The first kappa shape index (κ1) is 14.9. The Morgan fingerprint density at radius 3 is 2.92 bits per heavy atom. The van der Waals surface area contributed by atoms with E-state index < -0.39 is 0 Å². The third kappa shape index (κ3) is 2.78. The van der Waals surface area contributed by atoms with E-state index in [9.17, 15) is 0 Å². The minimum Gasteiger partial charge on any atom is -0.496 e. The van der Waals surface area contributed by atoms with Crippen LogP contribution in [0.25, 0.3) is 16.9 Å². The third-order valence-electron chi connectivity index (χ3n) is 4.21. The molecule has 0 aliphatic carbocycles. The summed E-state index contributed by atoms with van der Waals surface area (Å²) in [4.78, 5) is 8.62. The molecule has 3 aromatic heterocycles. The van der Waals surface area contributed by atoms with Crippen molar-refractivity contribution in [2.45, 2.75) is 18.9 Å². The van der Waals surface area contributed by atoms with Gasteiger partial charge in [-0.15, -0.1) is 5.10 Å². The van der Waals surface area contributed by atoms with E-state index in [1.807, 2.05) is 22.7 Å². The lowest BCUT2D eigenvalue weighted by Crippen LogP contribution is -2.28. The van der Waals surface area contributed by atoms with Gasteiger partial charge in [0.15, 0.2) is 5.65 Å². The van der Waals surface area contributed by atoms with Gasteiger partial charge in [-0.1, -0.05) is 0 Å². The Hall–Kier alpha value is -2.67. The fraction of sp³-hybridized carbons (Fsp3) is 0.353. The van der Waals surface area contributed by atoms with Crippen molar-refractivity contribution in [1.82, 2.24) is 19.6 Å². The predicted octanol–water partition coefficient (Wildman–Crippen LogP) is 2.39. The molecule has 0 bridgehead atoms. The minimum absolute atomic E-state index is 0.392. The van der Waals surface area contributed by atoms with Crippen LogP contribution in [0.3, 0.4) is 0 Å². The van der Waals surface area contributed by atoms with E-state index in [0.29, 0.717) is 6.04 Å². The molecular weight excluding hydrogens is 306 g/mol. The van der Waals surface area contributed by atoms with Gasteiger partial charge in [-0.05, 0) is 31.0 Å². The lowest BCUT2D eigenvalue weighted by molar-refractivity contribution is 0.0903. The van der Waals surface area contributed by atoms with Gasteiger partial charge in [0, 0.05) is 31.6 Å². The molecule has 1 fully saturated rings. The largest absolute Gasteiger partial charge is 0.496 e. The van der Waals surface area contributed by atoms with Crippen LogP contribution in [0.2, 0.25) is 0 Å². The van der Waals surface area contributed by atoms with Crippen LogP contribution < -0.4 is 10.1 Å². The van der Waals surface area contributed by atoms with Crippen molar-refractivity contribution in [2.75, 3.05) is 25.6 Å². The summed E-state index contributed by atoms with van der Waals surface area (Å²) in [5.74, 6) is 1.58. The molecule has 0 amide bonds. The number of fused-ring (bicyclic) bond motifs is 1. The summed E-state index contributed by atoms with van der Waals surface area (Å²) < 4.78 is 12.7. The molecular formula is C17H19N5O2. The lowest BCUT2D eigenvalue weighted by Gasteiger charge is -2.23. The van der Waals surface area contributed by atoms with Gasteiger partial charge in [0.05, 0.1) is 24.6 Å². The van der Waals surface area contributed by atoms with Crippen molar-refractivity contribution in [3.05, 3.63) is 36.8 Å². The van der Waals surface area contributed by atoms with Gasteiger partial charge in [-0.2, -0.15) is 0 Å². The first-order valence-corrected chi connectivity index (χ1v) is 8.02. The second kappa shape index (κ2) is 6.45. The van der Waals surface area contributed by atoms with Crippen LogP contribution in [0.1, 0.15) is 12.8 Å². The van der Waals surface area contributed by atoms with Crippen LogP contribution in [-0.4, -0.2) is 45.9 Å². The van der Waals surface area contributed by atoms with E-state index in [1.165, 1.54) is 0 Å². The maximum absolute atomic E-state index is 5.43. The van der Waals surface area contributed by atoms with Gasteiger partial charge < -0.3 is 14.8 Å². The lowest BCUT2D eigenvalue weighted by atomic mass is 10.1. The van der Waals surface area contributed by atoms with E-state index in [0.717, 1.165) is 54.5 Å². The van der Waals surface area contributed by atoms with E-state index >= 15 is 0 Å². The summed E-state index contributed by atoms with van der Waals surface area (Å²) in [5.41, 5.74) is 2.50. The molecule has 1 saturated heterocycles. The van der Waals surface area contributed by atoms with Crippen LogP contribution >= 0.6 is 0 Å². The van der Waals surface area contributed by atoms with Gasteiger partial charge in [0.2, 0.25) is 0 Å². The molecule has 1 N–H and O–H groups in total. The van der Waals surface area contributed by atoms with Crippen molar-refractivity contribution in [1.29, 1.82) is 0 Å². The SMILES string of the molecule is COc1ccncc1-c1cnc2ccc(NC3CCOCC3)nn12. The Bertz CT molecular complexity index is 842. The molecule has 7 nitrogen and oxygen atoms in total. The number of hydrogen-bond donors (Lipinski definition) is 1. The molecule has 0 unspecified atom stereocenters. The Kier molecular flexibility index (Phi) is 4.00. The van der Waals surface area contributed by atoms with Crippen molar-refractivity contribution in [3.63, 3.8) is 0 Å².